The van der Waals surface area contributed by atoms with E-state index in [1.54, 1.807) is 30.3 Å². The molecule has 6 rings (SSSR count). The molecule has 0 bridgehead atoms. The van der Waals surface area contributed by atoms with Gasteiger partial charge in [-0.05, 0) is 128 Å². The summed E-state index contributed by atoms with van der Waals surface area (Å²) < 4.78 is 10.2. The Morgan fingerprint density at radius 3 is 1.25 bits per heavy atom. The van der Waals surface area contributed by atoms with Gasteiger partial charge >= 0.3 is 11.9 Å². The van der Waals surface area contributed by atoms with E-state index in [1.165, 1.54) is 69.4 Å². The van der Waals surface area contributed by atoms with E-state index in [2.05, 4.69) is 34.4 Å². The number of aryl methyl sites for hydroxylation is 1. The fourth-order valence-electron chi connectivity index (χ4n) is 6.48. The molecular weight excluding hydrogens is 869 g/mol. The standard InChI is InChI=1S/C53H44N4O11/c1-29(2)45(58)27-67-52(65)41-21-15-36(25-43(41)50(63)54-6)47(60)37-16-22-42(53(66)68-28-46(59)30(3)4)44(26-37)51(64)55-38-17-11-33(12-18-38)49(62)57-40-20-14-34-23-39(19-13-35(34)24-40)56-48(61)32-9-7-31(5)8-10-32/h7-26H,1,3,27-28H2,2,4-6H3,(H,54,63)(H,55,64)(H,56,61)(H,57,62). The minimum absolute atomic E-state index is 0.0850. The van der Waals surface area contributed by atoms with Crippen LogP contribution in [0.5, 0.6) is 0 Å². The van der Waals surface area contributed by atoms with Crippen LogP contribution in [0.1, 0.15) is 97.5 Å². The monoisotopic (exact) mass is 912 g/mol. The summed E-state index contributed by atoms with van der Waals surface area (Å²) in [4.78, 5) is 117. The van der Waals surface area contributed by atoms with Gasteiger partial charge in [-0.2, -0.15) is 0 Å². The zero-order valence-electron chi connectivity index (χ0n) is 37.4. The maximum absolute atomic E-state index is 13.9. The molecule has 0 aliphatic rings. The van der Waals surface area contributed by atoms with Crippen molar-refractivity contribution >= 4 is 80.8 Å². The molecule has 4 amide bonds. The molecule has 0 aromatic heterocycles. The van der Waals surface area contributed by atoms with Crippen LogP contribution in [0.15, 0.2) is 146 Å². The van der Waals surface area contributed by atoms with Crippen LogP contribution < -0.4 is 21.3 Å². The highest BCUT2D eigenvalue weighted by atomic mass is 16.5. The van der Waals surface area contributed by atoms with Gasteiger partial charge < -0.3 is 30.7 Å². The van der Waals surface area contributed by atoms with Crippen molar-refractivity contribution in [3.63, 3.8) is 0 Å². The number of hydrogen-bond acceptors (Lipinski definition) is 11. The third-order valence-electron chi connectivity index (χ3n) is 10.4. The number of carbonyl (C=O) groups is 9. The van der Waals surface area contributed by atoms with Crippen molar-refractivity contribution in [1.29, 1.82) is 0 Å². The number of fused-ring (bicyclic) bond motifs is 1. The van der Waals surface area contributed by atoms with Gasteiger partial charge in [-0.15, -0.1) is 0 Å². The van der Waals surface area contributed by atoms with Gasteiger partial charge in [0.05, 0.1) is 22.3 Å². The molecule has 4 N–H and O–H groups in total. The third-order valence-corrected chi connectivity index (χ3v) is 10.4. The van der Waals surface area contributed by atoms with Gasteiger partial charge in [-0.25, -0.2) is 9.59 Å². The largest absolute Gasteiger partial charge is 0.454 e. The molecule has 0 aliphatic heterocycles. The van der Waals surface area contributed by atoms with Gasteiger partial charge in [0.25, 0.3) is 23.6 Å². The van der Waals surface area contributed by atoms with Crippen LogP contribution in [0.4, 0.5) is 17.1 Å². The molecule has 6 aromatic rings. The third kappa shape index (κ3) is 11.8. The molecule has 6 aromatic carbocycles. The predicted octanol–water partition coefficient (Wildman–Crippen LogP) is 8.10. The maximum atomic E-state index is 13.9. The Morgan fingerprint density at radius 1 is 0.441 bits per heavy atom. The molecule has 0 saturated heterocycles. The molecule has 15 nitrogen and oxygen atoms in total. The SMILES string of the molecule is C=C(C)C(=O)COC(=O)c1ccc(C(=O)c2ccc(C(=O)OCC(=O)C(=C)C)c(C(=O)Nc3ccc(C(=O)Nc4ccc5cc(NC(=O)c6ccc(C)cc6)ccc5c4)cc3)c2)cc1C(=O)NC. The predicted molar refractivity (Wildman–Crippen MR) is 255 cm³/mol. The Labute approximate surface area is 390 Å². The summed E-state index contributed by atoms with van der Waals surface area (Å²) in [5.41, 5.74) is 2.16. The number of anilines is 3. The van der Waals surface area contributed by atoms with Crippen molar-refractivity contribution < 1.29 is 52.6 Å². The second kappa shape index (κ2) is 21.3. The summed E-state index contributed by atoms with van der Waals surface area (Å²) in [6.07, 6.45) is 0. The van der Waals surface area contributed by atoms with Crippen LogP contribution in [-0.4, -0.2) is 73.2 Å². The van der Waals surface area contributed by atoms with E-state index in [1.807, 2.05) is 37.3 Å². The highest BCUT2D eigenvalue weighted by Gasteiger charge is 2.25. The number of ketones is 3. The summed E-state index contributed by atoms with van der Waals surface area (Å²) in [5, 5.41) is 12.4. The average molecular weight is 913 g/mol. The van der Waals surface area contributed by atoms with E-state index in [0.717, 1.165) is 28.5 Å². The van der Waals surface area contributed by atoms with Crippen LogP contribution in [0.2, 0.25) is 0 Å². The molecule has 0 fully saturated rings. The lowest BCUT2D eigenvalue weighted by atomic mass is 9.95. The Balaban J connectivity index is 1.19. The summed E-state index contributed by atoms with van der Waals surface area (Å²) >= 11 is 0. The number of nitrogens with one attached hydrogen (secondary N) is 4. The molecule has 0 aliphatic carbocycles. The van der Waals surface area contributed by atoms with Crippen LogP contribution in [-0.2, 0) is 19.1 Å². The van der Waals surface area contributed by atoms with Gasteiger partial charge in [-0.1, -0.05) is 55.1 Å². The first-order valence-corrected chi connectivity index (χ1v) is 20.8. The van der Waals surface area contributed by atoms with Gasteiger partial charge in [-0.3, -0.25) is 33.6 Å². The molecule has 68 heavy (non-hydrogen) atoms. The van der Waals surface area contributed by atoms with E-state index < -0.39 is 60.2 Å². The molecule has 342 valence electrons. The number of rotatable bonds is 17. The molecule has 0 spiro atoms. The summed E-state index contributed by atoms with van der Waals surface area (Å²) in [7, 11) is 1.31. The summed E-state index contributed by atoms with van der Waals surface area (Å²) in [6.45, 7) is 10.6. The molecule has 0 unspecified atom stereocenters. The zero-order chi connectivity index (χ0) is 49.2. The first kappa shape index (κ1) is 48.3. The average Bonchev–Trinajstić information content (AvgIpc) is 3.33. The summed E-state index contributed by atoms with van der Waals surface area (Å²) in [5.74, 6) is -6.15. The van der Waals surface area contributed by atoms with Crippen molar-refractivity contribution in [3.8, 4) is 0 Å². The maximum Gasteiger partial charge on any atom is 0.339 e. The van der Waals surface area contributed by atoms with E-state index in [0.29, 0.717) is 16.9 Å². The molecule has 0 radical (unpaired) electrons. The molecule has 0 saturated carbocycles. The lowest BCUT2D eigenvalue weighted by Crippen LogP contribution is -2.23. The van der Waals surface area contributed by atoms with Gasteiger partial charge in [0.15, 0.2) is 30.6 Å². The van der Waals surface area contributed by atoms with E-state index >= 15 is 0 Å². The minimum atomic E-state index is -1.05. The highest BCUT2D eigenvalue weighted by Crippen LogP contribution is 2.25. The van der Waals surface area contributed by atoms with Crippen molar-refractivity contribution in [2.45, 2.75) is 20.8 Å². The smallest absolute Gasteiger partial charge is 0.339 e. The molecule has 0 heterocycles. The second-order valence-electron chi connectivity index (χ2n) is 15.6. The van der Waals surface area contributed by atoms with Crippen LogP contribution >= 0.6 is 0 Å². The first-order valence-electron chi connectivity index (χ1n) is 20.8. The zero-order valence-corrected chi connectivity index (χ0v) is 37.4. The van der Waals surface area contributed by atoms with E-state index in [-0.39, 0.29) is 61.7 Å². The number of hydrogen-bond donors (Lipinski definition) is 4. The number of carbonyl (C=O) groups excluding carboxylic acids is 9. The Bertz CT molecular complexity index is 3100. The molecular formula is C53H44N4O11. The number of benzene rings is 6. The van der Waals surface area contributed by atoms with Gasteiger partial charge in [0, 0.05) is 46.4 Å². The normalized spacial score (nSPS) is 10.5. The number of ether oxygens (including phenoxy) is 2. The van der Waals surface area contributed by atoms with Gasteiger partial charge in [0.1, 0.15) is 0 Å². The number of amides is 4. The topological polar surface area (TPSA) is 220 Å². The lowest BCUT2D eigenvalue weighted by molar-refractivity contribution is -0.119. The van der Waals surface area contributed by atoms with E-state index in [4.69, 9.17) is 9.47 Å². The van der Waals surface area contributed by atoms with Crippen LogP contribution in [0.3, 0.4) is 0 Å². The fraction of sp³-hybridized carbons (Fsp3) is 0.113. The van der Waals surface area contributed by atoms with Crippen molar-refractivity contribution in [2.24, 2.45) is 0 Å². The summed E-state index contributed by atoms with van der Waals surface area (Å²) in [6, 6.07) is 30.9. The highest BCUT2D eigenvalue weighted by molar-refractivity contribution is 6.17. The minimum Gasteiger partial charge on any atom is -0.454 e. The second-order valence-corrected chi connectivity index (χ2v) is 15.6. The Kier molecular flexibility index (Phi) is 15.1. The molecule has 15 heteroatoms. The number of esters is 2. The molecule has 0 atom stereocenters. The van der Waals surface area contributed by atoms with E-state index in [9.17, 15) is 43.2 Å². The first-order chi connectivity index (χ1) is 32.4. The van der Waals surface area contributed by atoms with Crippen molar-refractivity contribution in [2.75, 3.05) is 36.2 Å². The van der Waals surface area contributed by atoms with Crippen molar-refractivity contribution in [3.05, 3.63) is 196 Å². The fourth-order valence-corrected chi connectivity index (χ4v) is 6.48. The number of Topliss-reactive ketones (excluding diaryl/α,β-unsaturated/α-hetero) is 2. The van der Waals surface area contributed by atoms with Crippen LogP contribution in [0, 0.1) is 6.92 Å². The quantitative estimate of drug-likeness (QED) is 0.0389. The van der Waals surface area contributed by atoms with Crippen molar-refractivity contribution in [1.82, 2.24) is 5.32 Å². The Hall–Kier alpha value is -9.11. The van der Waals surface area contributed by atoms with Crippen LogP contribution in [0.25, 0.3) is 10.8 Å². The Morgan fingerprint density at radius 2 is 0.824 bits per heavy atom. The lowest BCUT2D eigenvalue weighted by Gasteiger charge is -2.13. The van der Waals surface area contributed by atoms with Gasteiger partial charge in [0.2, 0.25) is 0 Å².